The van der Waals surface area contributed by atoms with Crippen LogP contribution in [0.5, 0.6) is 0 Å². The lowest BCUT2D eigenvalue weighted by Crippen LogP contribution is -2.49. The monoisotopic (exact) mass is 425 g/mol. The second-order valence-electron chi connectivity index (χ2n) is 7.18. The smallest absolute Gasteiger partial charge is 0.138 e. The number of hydrogen-bond acceptors (Lipinski definition) is 6. The highest BCUT2D eigenvalue weighted by Gasteiger charge is 2.24. The van der Waals surface area contributed by atoms with Gasteiger partial charge < -0.3 is 14.7 Å². The molecular formula is C24H31N3O2S. The first kappa shape index (κ1) is 22.6. The van der Waals surface area contributed by atoms with Gasteiger partial charge in [-0.2, -0.15) is 0 Å². The largest absolute Gasteiger partial charge is 0.394 e. The number of nitrogens with zero attached hydrogens (tertiary/aromatic N) is 3. The molecule has 0 bridgehead atoms. The predicted octanol–water partition coefficient (Wildman–Crippen LogP) is 4.01. The Morgan fingerprint density at radius 1 is 1.23 bits per heavy atom. The maximum Gasteiger partial charge on any atom is 0.138 e. The molecule has 0 amide bonds. The molecule has 0 unspecified atom stereocenters. The van der Waals surface area contributed by atoms with Crippen molar-refractivity contribution in [3.63, 3.8) is 0 Å². The molecule has 2 aliphatic rings. The number of benzene rings is 1. The van der Waals surface area contributed by atoms with Crippen molar-refractivity contribution < 1.29 is 9.84 Å². The summed E-state index contributed by atoms with van der Waals surface area (Å²) in [7, 11) is 0. The van der Waals surface area contributed by atoms with Gasteiger partial charge in [0, 0.05) is 48.8 Å². The molecule has 2 aliphatic heterocycles. The summed E-state index contributed by atoms with van der Waals surface area (Å²) in [5, 5.41) is 11.0. The van der Waals surface area contributed by atoms with Gasteiger partial charge in [-0.25, -0.2) is 4.99 Å². The van der Waals surface area contributed by atoms with Crippen LogP contribution in [0.4, 0.5) is 5.69 Å². The van der Waals surface area contributed by atoms with E-state index in [0.29, 0.717) is 13.2 Å². The van der Waals surface area contributed by atoms with Crippen LogP contribution >= 0.6 is 11.8 Å². The van der Waals surface area contributed by atoms with E-state index in [4.69, 9.17) is 14.8 Å². The van der Waals surface area contributed by atoms with Gasteiger partial charge in [-0.3, -0.25) is 4.90 Å². The molecule has 0 atom stereocenters. The third-order valence-corrected chi connectivity index (χ3v) is 6.04. The van der Waals surface area contributed by atoms with Crippen LogP contribution in [0.15, 0.2) is 74.7 Å². The summed E-state index contributed by atoms with van der Waals surface area (Å²) in [4.78, 5) is 11.1. The first-order valence-corrected chi connectivity index (χ1v) is 11.4. The minimum Gasteiger partial charge on any atom is -0.394 e. The lowest BCUT2D eigenvalue weighted by Gasteiger charge is -2.37. The molecule has 0 aromatic heterocycles. The number of aliphatic imine (C=N–C) groups is 1. The number of fused-ring (bicyclic) bond motifs is 1. The number of rotatable bonds is 7. The molecule has 3 rings (SSSR count). The van der Waals surface area contributed by atoms with E-state index >= 15 is 0 Å². The number of allylic oxidation sites excluding steroid dienone is 2. The SMILES string of the molecule is C/C=C\C=C=C(C)C1=CSc2ccccc2N=C1N1CCN(CCOCCO)CC1. The second kappa shape index (κ2) is 11.9. The minimum atomic E-state index is 0.0809. The normalized spacial score (nSPS) is 17.1. The number of thioether (sulfide) groups is 1. The summed E-state index contributed by atoms with van der Waals surface area (Å²) in [5.41, 5.74) is 6.64. The summed E-state index contributed by atoms with van der Waals surface area (Å²) in [5.74, 6) is 1.03. The van der Waals surface area contributed by atoms with Crippen LogP contribution in [0.25, 0.3) is 0 Å². The standard InChI is InChI=1S/C24H31N3O2S/c1-3-4-5-8-20(2)21-19-30-23-10-7-6-9-22(23)25-24(21)27-13-11-26(12-14-27)15-17-29-18-16-28/h3-7,9-10,19,28H,11-18H2,1-2H3/b4-3-. The van der Waals surface area contributed by atoms with Gasteiger partial charge in [0.15, 0.2) is 0 Å². The Balaban J connectivity index is 1.78. The third-order valence-electron chi connectivity index (χ3n) is 5.09. The van der Waals surface area contributed by atoms with Gasteiger partial charge in [0.05, 0.1) is 25.5 Å². The number of piperazine rings is 1. The van der Waals surface area contributed by atoms with Crippen LogP contribution < -0.4 is 0 Å². The number of aliphatic hydroxyl groups excluding tert-OH is 1. The Labute approximate surface area is 184 Å². The molecule has 0 spiro atoms. The molecule has 1 N–H and O–H groups in total. The second-order valence-corrected chi connectivity index (χ2v) is 8.09. The molecule has 1 aromatic carbocycles. The molecule has 30 heavy (non-hydrogen) atoms. The van der Waals surface area contributed by atoms with Crippen LogP contribution in [0.3, 0.4) is 0 Å². The highest BCUT2D eigenvalue weighted by atomic mass is 32.2. The Bertz CT molecular complexity index is 861. The fourth-order valence-electron chi connectivity index (χ4n) is 3.39. The highest BCUT2D eigenvalue weighted by Crippen LogP contribution is 2.36. The maximum atomic E-state index is 8.83. The summed E-state index contributed by atoms with van der Waals surface area (Å²) in [6.07, 6.45) is 5.96. The zero-order chi connectivity index (χ0) is 21.2. The highest BCUT2D eigenvalue weighted by molar-refractivity contribution is 8.02. The Morgan fingerprint density at radius 3 is 2.80 bits per heavy atom. The number of amidine groups is 1. The predicted molar refractivity (Wildman–Crippen MR) is 125 cm³/mol. The van der Waals surface area contributed by atoms with Gasteiger partial charge in [0.1, 0.15) is 5.84 Å². The molecule has 0 radical (unpaired) electrons. The van der Waals surface area contributed by atoms with E-state index in [2.05, 4.69) is 46.1 Å². The summed E-state index contributed by atoms with van der Waals surface area (Å²) >= 11 is 1.73. The van der Waals surface area contributed by atoms with Crippen LogP contribution in [-0.4, -0.2) is 73.3 Å². The van der Waals surface area contributed by atoms with E-state index in [-0.39, 0.29) is 6.61 Å². The molecule has 6 heteroatoms. The topological polar surface area (TPSA) is 48.3 Å². The zero-order valence-corrected chi connectivity index (χ0v) is 18.7. The molecule has 1 fully saturated rings. The number of hydrogen-bond donors (Lipinski definition) is 1. The fraction of sp³-hybridized carbons (Fsp3) is 0.417. The first-order valence-electron chi connectivity index (χ1n) is 10.5. The van der Waals surface area contributed by atoms with E-state index in [1.807, 2.05) is 31.2 Å². The van der Waals surface area contributed by atoms with E-state index < -0.39 is 0 Å². The van der Waals surface area contributed by atoms with Crippen molar-refractivity contribution in [1.82, 2.24) is 9.80 Å². The number of ether oxygens (including phenoxy) is 1. The maximum absolute atomic E-state index is 8.83. The van der Waals surface area contributed by atoms with E-state index in [1.165, 1.54) is 4.90 Å². The Hall–Kier alpha value is -2.08. The van der Waals surface area contributed by atoms with Crippen molar-refractivity contribution in [3.8, 4) is 0 Å². The van der Waals surface area contributed by atoms with E-state index in [0.717, 1.165) is 55.4 Å². The van der Waals surface area contributed by atoms with E-state index in [9.17, 15) is 0 Å². The van der Waals surface area contributed by atoms with Crippen molar-refractivity contribution in [2.24, 2.45) is 4.99 Å². The molecular weight excluding hydrogens is 394 g/mol. The van der Waals surface area contributed by atoms with Crippen LogP contribution in [-0.2, 0) is 4.74 Å². The lowest BCUT2D eigenvalue weighted by molar-refractivity contribution is 0.0652. The van der Waals surface area contributed by atoms with Crippen molar-refractivity contribution >= 4 is 23.3 Å². The fourth-order valence-corrected chi connectivity index (χ4v) is 4.30. The Kier molecular flexibility index (Phi) is 9.00. The average molecular weight is 426 g/mol. The quantitative estimate of drug-likeness (QED) is 0.406. The molecule has 2 heterocycles. The van der Waals surface area contributed by atoms with E-state index in [1.54, 1.807) is 11.8 Å². The lowest BCUT2D eigenvalue weighted by atomic mass is 10.1. The van der Waals surface area contributed by atoms with Crippen LogP contribution in [0.1, 0.15) is 13.8 Å². The molecule has 1 saturated heterocycles. The van der Waals surface area contributed by atoms with Crippen molar-refractivity contribution in [3.05, 3.63) is 64.8 Å². The van der Waals surface area contributed by atoms with Gasteiger partial charge in [0.2, 0.25) is 0 Å². The van der Waals surface area contributed by atoms with Crippen molar-refractivity contribution in [2.45, 2.75) is 18.7 Å². The Morgan fingerprint density at radius 2 is 2.03 bits per heavy atom. The van der Waals surface area contributed by atoms with Gasteiger partial charge in [-0.15, -0.1) is 5.73 Å². The molecule has 1 aromatic rings. The average Bonchev–Trinajstić information content (AvgIpc) is 2.97. The van der Waals surface area contributed by atoms with Crippen LogP contribution in [0, 0.1) is 0 Å². The molecule has 0 aliphatic carbocycles. The minimum absolute atomic E-state index is 0.0809. The number of aliphatic hydroxyl groups is 1. The van der Waals surface area contributed by atoms with Crippen LogP contribution in [0.2, 0.25) is 0 Å². The molecule has 0 saturated carbocycles. The van der Waals surface area contributed by atoms with Crippen molar-refractivity contribution in [2.75, 3.05) is 52.5 Å². The molecule has 160 valence electrons. The van der Waals surface area contributed by atoms with Gasteiger partial charge >= 0.3 is 0 Å². The zero-order valence-electron chi connectivity index (χ0n) is 17.9. The first-order chi connectivity index (χ1) is 14.7. The molecule has 5 nitrogen and oxygen atoms in total. The van der Waals surface area contributed by atoms with Gasteiger partial charge in [-0.1, -0.05) is 36.0 Å². The summed E-state index contributed by atoms with van der Waals surface area (Å²) in [6, 6.07) is 8.32. The number of para-hydroxylation sites is 1. The van der Waals surface area contributed by atoms with Gasteiger partial charge in [-0.05, 0) is 37.5 Å². The van der Waals surface area contributed by atoms with Gasteiger partial charge in [0.25, 0.3) is 0 Å². The third kappa shape index (κ3) is 6.21. The summed E-state index contributed by atoms with van der Waals surface area (Å²) in [6.45, 7) is 9.96. The van der Waals surface area contributed by atoms with Crippen molar-refractivity contribution in [1.29, 1.82) is 0 Å². The summed E-state index contributed by atoms with van der Waals surface area (Å²) < 4.78 is 5.42.